The summed E-state index contributed by atoms with van der Waals surface area (Å²) in [5.41, 5.74) is 0.982. The molecule has 0 N–H and O–H groups in total. The molecule has 5 heteroatoms. The van der Waals surface area contributed by atoms with E-state index in [0.29, 0.717) is 17.5 Å². The Bertz CT molecular complexity index is 475. The van der Waals surface area contributed by atoms with Crippen molar-refractivity contribution in [2.75, 3.05) is 11.4 Å². The van der Waals surface area contributed by atoms with Crippen molar-refractivity contribution < 1.29 is 0 Å². The minimum Gasteiger partial charge on any atom is -0.348 e. The van der Waals surface area contributed by atoms with Gasteiger partial charge in [0.1, 0.15) is 0 Å². The highest BCUT2D eigenvalue weighted by molar-refractivity contribution is 6.31. The predicted molar refractivity (Wildman–Crippen MR) is 68.0 cm³/mol. The van der Waals surface area contributed by atoms with E-state index in [1.165, 1.54) is 0 Å². The summed E-state index contributed by atoms with van der Waals surface area (Å²) in [5, 5.41) is 0.422. The Hall–Kier alpha value is -1.68. The molecule has 0 aliphatic carbocycles. The first kappa shape index (κ1) is 11.8. The first-order valence-electron chi connectivity index (χ1n) is 5.42. The SMILES string of the molecule is CCN(Cc1ccccn1)c1nccnc1Cl. The van der Waals surface area contributed by atoms with E-state index in [1.54, 1.807) is 18.6 Å². The van der Waals surface area contributed by atoms with Gasteiger partial charge in [-0.15, -0.1) is 0 Å². The topological polar surface area (TPSA) is 41.9 Å². The molecule has 0 bridgehead atoms. The van der Waals surface area contributed by atoms with Crippen LogP contribution in [0.25, 0.3) is 0 Å². The summed E-state index contributed by atoms with van der Waals surface area (Å²) < 4.78 is 0. The molecular formula is C12H13ClN4. The first-order chi connectivity index (χ1) is 8.31. The quantitative estimate of drug-likeness (QED) is 0.834. The van der Waals surface area contributed by atoms with Crippen molar-refractivity contribution in [1.29, 1.82) is 0 Å². The van der Waals surface area contributed by atoms with Crippen LogP contribution in [0.2, 0.25) is 5.15 Å². The molecule has 2 rings (SSSR count). The highest BCUT2D eigenvalue weighted by atomic mass is 35.5. The average Bonchev–Trinajstić information content (AvgIpc) is 2.38. The number of pyridine rings is 1. The zero-order valence-electron chi connectivity index (χ0n) is 9.55. The fourth-order valence-electron chi connectivity index (χ4n) is 1.55. The van der Waals surface area contributed by atoms with Gasteiger partial charge in [0.25, 0.3) is 0 Å². The van der Waals surface area contributed by atoms with Crippen molar-refractivity contribution in [3.63, 3.8) is 0 Å². The second kappa shape index (κ2) is 5.59. The molecule has 0 spiro atoms. The van der Waals surface area contributed by atoms with Crippen LogP contribution < -0.4 is 4.90 Å². The van der Waals surface area contributed by atoms with Crippen LogP contribution in [0.5, 0.6) is 0 Å². The summed E-state index contributed by atoms with van der Waals surface area (Å²) in [5.74, 6) is 0.697. The van der Waals surface area contributed by atoms with Crippen LogP contribution in [-0.2, 0) is 6.54 Å². The van der Waals surface area contributed by atoms with Gasteiger partial charge in [0.15, 0.2) is 11.0 Å². The highest BCUT2D eigenvalue weighted by Gasteiger charge is 2.11. The molecule has 2 heterocycles. The number of halogens is 1. The van der Waals surface area contributed by atoms with E-state index in [9.17, 15) is 0 Å². The van der Waals surface area contributed by atoms with Gasteiger partial charge in [-0.05, 0) is 19.1 Å². The largest absolute Gasteiger partial charge is 0.348 e. The second-order valence-corrected chi connectivity index (χ2v) is 3.86. The van der Waals surface area contributed by atoms with E-state index in [-0.39, 0.29) is 0 Å². The molecule has 2 aromatic rings. The van der Waals surface area contributed by atoms with Gasteiger partial charge in [0.05, 0.1) is 12.2 Å². The smallest absolute Gasteiger partial charge is 0.171 e. The molecule has 0 fully saturated rings. The normalized spacial score (nSPS) is 10.2. The van der Waals surface area contributed by atoms with Crippen LogP contribution in [0.3, 0.4) is 0 Å². The summed E-state index contributed by atoms with van der Waals surface area (Å²) in [6, 6.07) is 5.84. The molecule has 4 nitrogen and oxygen atoms in total. The van der Waals surface area contributed by atoms with Gasteiger partial charge < -0.3 is 4.90 Å². The van der Waals surface area contributed by atoms with Gasteiger partial charge in [-0.3, -0.25) is 4.98 Å². The van der Waals surface area contributed by atoms with E-state index in [0.717, 1.165) is 12.2 Å². The first-order valence-corrected chi connectivity index (χ1v) is 5.80. The number of rotatable bonds is 4. The van der Waals surface area contributed by atoms with Crippen molar-refractivity contribution in [3.05, 3.63) is 47.6 Å². The van der Waals surface area contributed by atoms with Crippen LogP contribution in [0.15, 0.2) is 36.8 Å². The zero-order chi connectivity index (χ0) is 12.1. The van der Waals surface area contributed by atoms with Crippen molar-refractivity contribution >= 4 is 17.4 Å². The summed E-state index contributed by atoms with van der Waals surface area (Å²) >= 11 is 6.03. The number of anilines is 1. The minimum atomic E-state index is 0.422. The Morgan fingerprint density at radius 3 is 2.59 bits per heavy atom. The lowest BCUT2D eigenvalue weighted by Gasteiger charge is -2.21. The van der Waals surface area contributed by atoms with E-state index in [4.69, 9.17) is 11.6 Å². The molecule has 0 unspecified atom stereocenters. The Morgan fingerprint density at radius 1 is 1.12 bits per heavy atom. The van der Waals surface area contributed by atoms with E-state index in [1.807, 2.05) is 30.0 Å². The third-order valence-corrected chi connectivity index (χ3v) is 2.66. The fraction of sp³-hybridized carbons (Fsp3) is 0.250. The van der Waals surface area contributed by atoms with Crippen molar-refractivity contribution in [2.24, 2.45) is 0 Å². The van der Waals surface area contributed by atoms with Crippen LogP contribution >= 0.6 is 11.6 Å². The molecule has 0 atom stereocenters. The number of hydrogen-bond donors (Lipinski definition) is 0. The van der Waals surface area contributed by atoms with Gasteiger partial charge >= 0.3 is 0 Å². The van der Waals surface area contributed by atoms with Crippen molar-refractivity contribution in [2.45, 2.75) is 13.5 Å². The van der Waals surface area contributed by atoms with E-state index < -0.39 is 0 Å². The summed E-state index contributed by atoms with van der Waals surface area (Å²) in [6.07, 6.45) is 5.00. The number of aromatic nitrogens is 3. The summed E-state index contributed by atoms with van der Waals surface area (Å²) in [7, 11) is 0. The molecule has 0 saturated carbocycles. The van der Waals surface area contributed by atoms with E-state index >= 15 is 0 Å². The predicted octanol–water partition coefficient (Wildman–Crippen LogP) is 2.55. The van der Waals surface area contributed by atoms with Gasteiger partial charge in [-0.2, -0.15) is 0 Å². The Balaban J connectivity index is 2.21. The number of hydrogen-bond acceptors (Lipinski definition) is 4. The second-order valence-electron chi connectivity index (χ2n) is 3.51. The van der Waals surface area contributed by atoms with Gasteiger partial charge in [0, 0.05) is 25.1 Å². The Morgan fingerprint density at radius 2 is 1.94 bits per heavy atom. The van der Waals surface area contributed by atoms with Crippen molar-refractivity contribution in [3.8, 4) is 0 Å². The molecular weight excluding hydrogens is 236 g/mol. The molecule has 0 aliphatic rings. The molecule has 0 amide bonds. The maximum absolute atomic E-state index is 6.03. The summed E-state index contributed by atoms with van der Waals surface area (Å²) in [6.45, 7) is 3.53. The van der Waals surface area contributed by atoms with Crippen LogP contribution in [-0.4, -0.2) is 21.5 Å². The maximum atomic E-state index is 6.03. The highest BCUT2D eigenvalue weighted by Crippen LogP contribution is 2.20. The minimum absolute atomic E-state index is 0.422. The number of nitrogens with zero attached hydrogens (tertiary/aromatic N) is 4. The maximum Gasteiger partial charge on any atom is 0.171 e. The van der Waals surface area contributed by atoms with Crippen molar-refractivity contribution in [1.82, 2.24) is 15.0 Å². The molecule has 0 radical (unpaired) electrons. The van der Waals surface area contributed by atoms with E-state index in [2.05, 4.69) is 15.0 Å². The molecule has 0 aromatic carbocycles. The third kappa shape index (κ3) is 2.91. The molecule has 17 heavy (non-hydrogen) atoms. The Kier molecular flexibility index (Phi) is 3.88. The zero-order valence-corrected chi connectivity index (χ0v) is 10.3. The van der Waals surface area contributed by atoms with Crippen LogP contribution in [0.1, 0.15) is 12.6 Å². The molecule has 2 aromatic heterocycles. The van der Waals surface area contributed by atoms with Crippen LogP contribution in [0.4, 0.5) is 5.82 Å². The monoisotopic (exact) mass is 248 g/mol. The summed E-state index contributed by atoms with van der Waals surface area (Å²) in [4.78, 5) is 14.6. The molecule has 0 aliphatic heterocycles. The average molecular weight is 249 g/mol. The van der Waals surface area contributed by atoms with Crippen LogP contribution in [0, 0.1) is 0 Å². The lowest BCUT2D eigenvalue weighted by Crippen LogP contribution is -2.24. The van der Waals surface area contributed by atoms with Gasteiger partial charge in [-0.25, -0.2) is 9.97 Å². The van der Waals surface area contributed by atoms with Gasteiger partial charge in [-0.1, -0.05) is 17.7 Å². The van der Waals surface area contributed by atoms with Gasteiger partial charge in [0.2, 0.25) is 0 Å². The third-order valence-electron chi connectivity index (χ3n) is 2.40. The molecule has 0 saturated heterocycles. The lowest BCUT2D eigenvalue weighted by atomic mass is 10.3. The fourth-order valence-corrected chi connectivity index (χ4v) is 1.77. The molecule has 88 valence electrons. The lowest BCUT2D eigenvalue weighted by molar-refractivity contribution is 0.790. The Labute approximate surface area is 105 Å². The standard InChI is InChI=1S/C12H13ClN4/c1-2-17(9-10-5-3-4-6-14-10)12-11(13)15-7-8-16-12/h3-8H,2,9H2,1H3.